The summed E-state index contributed by atoms with van der Waals surface area (Å²) in [5.74, 6) is 0. The first-order valence-corrected chi connectivity index (χ1v) is 5.60. The topological polar surface area (TPSA) is 0 Å². The van der Waals surface area contributed by atoms with Gasteiger partial charge in [-0.05, 0) is 4.99 Å². The molecule has 0 spiro atoms. The molecule has 0 radical (unpaired) electrons. The number of rotatable bonds is 0. The molecule has 0 aliphatic heterocycles. The summed E-state index contributed by atoms with van der Waals surface area (Å²) in [4.78, 5) is 1.76. The zero-order valence-electron chi connectivity index (χ0n) is 3.47. The second kappa shape index (κ2) is 4.11. The lowest BCUT2D eigenvalue weighted by Crippen LogP contribution is -1.96. The average Bonchev–Trinajstić information content (AvgIpc) is 1.62. The Bertz CT molecular complexity index is 98.7. The smallest absolute Gasteiger partial charge is 0.0585 e. The molecule has 0 nitrogen and oxygen atoms in total. The molecule has 0 fully saturated rings. The first-order chi connectivity index (χ1) is 3.48. The van der Waals surface area contributed by atoms with E-state index in [1.165, 1.54) is 0 Å². The third-order valence-corrected chi connectivity index (χ3v) is 5.14. The van der Waals surface area contributed by atoms with Crippen molar-refractivity contribution in [2.45, 2.75) is 2.14 Å². The van der Waals surface area contributed by atoms with Gasteiger partial charge in [0.2, 0.25) is 0 Å². The van der Waals surface area contributed by atoms with Gasteiger partial charge in [-0.15, -0.1) is 0 Å². The van der Waals surface area contributed by atoms with Crippen LogP contribution in [0.15, 0.2) is 9.47 Å². The van der Waals surface area contributed by atoms with Crippen LogP contribution in [0, 0.1) is 0 Å². The summed E-state index contributed by atoms with van der Waals surface area (Å²) in [5, 5.41) is 0. The van der Waals surface area contributed by atoms with Gasteiger partial charge in [0.15, 0.2) is 2.14 Å². The highest BCUT2D eigenvalue weighted by Crippen LogP contribution is 2.44. The van der Waals surface area contributed by atoms with Crippen LogP contribution < -0.4 is 0 Å². The quantitative estimate of drug-likeness (QED) is 0.492. The van der Waals surface area contributed by atoms with E-state index < -0.39 is 0 Å². The van der Waals surface area contributed by atoms with Crippen LogP contribution in [0.3, 0.4) is 0 Å². The fourth-order valence-corrected chi connectivity index (χ4v) is 1.67. The van der Waals surface area contributed by atoms with Crippen molar-refractivity contribution in [1.29, 1.82) is 0 Å². The molecule has 0 aliphatic rings. The van der Waals surface area contributed by atoms with Crippen LogP contribution in [0.5, 0.6) is 0 Å². The Morgan fingerprint density at radius 1 is 1.25 bits per heavy atom. The first-order valence-electron chi connectivity index (χ1n) is 1.51. The van der Waals surface area contributed by atoms with E-state index in [2.05, 4.69) is 79.6 Å². The van der Waals surface area contributed by atoms with Gasteiger partial charge in [-0.3, -0.25) is 0 Å². The minimum Gasteiger partial charge on any atom is -0.0585 e. The third-order valence-electron chi connectivity index (χ3n) is 0.367. The van der Waals surface area contributed by atoms with Crippen LogP contribution in [-0.2, 0) is 0 Å². The number of hydrogen-bond donors (Lipinski definition) is 0. The normalized spacial score (nSPS) is 14.4. The maximum Gasteiger partial charge on any atom is 0.166 e. The van der Waals surface area contributed by atoms with Crippen molar-refractivity contribution in [3.63, 3.8) is 0 Å². The van der Waals surface area contributed by atoms with Crippen LogP contribution >= 0.6 is 79.6 Å². The van der Waals surface area contributed by atoms with Crippen molar-refractivity contribution < 1.29 is 0 Å². The molecule has 0 N–H and O–H groups in total. The predicted octanol–water partition coefficient (Wildman–Crippen LogP) is 4.46. The van der Waals surface area contributed by atoms with Crippen LogP contribution in [0.4, 0.5) is 0 Å². The van der Waals surface area contributed by atoms with Crippen molar-refractivity contribution in [3.05, 3.63) is 9.47 Å². The highest BCUT2D eigenvalue weighted by Gasteiger charge is 2.20. The van der Waals surface area contributed by atoms with E-state index in [9.17, 15) is 0 Å². The molecule has 0 unspecified atom stereocenters. The molecule has 0 atom stereocenters. The van der Waals surface area contributed by atoms with Gasteiger partial charge in [-0.25, -0.2) is 0 Å². The van der Waals surface area contributed by atoms with Gasteiger partial charge in [0.05, 0.1) is 0 Å². The Hall–Kier alpha value is 2.14. The summed E-state index contributed by atoms with van der Waals surface area (Å²) in [5.41, 5.74) is 0. The van der Waals surface area contributed by atoms with Crippen molar-refractivity contribution in [3.8, 4) is 0 Å². The first kappa shape index (κ1) is 10.1. The molecule has 0 aromatic rings. The van der Waals surface area contributed by atoms with E-state index in [4.69, 9.17) is 0 Å². The molecule has 0 bridgehead atoms. The van der Waals surface area contributed by atoms with Gasteiger partial charge in [0.25, 0.3) is 0 Å². The summed E-state index contributed by atoms with van der Waals surface area (Å²) < 4.78 is 0.612. The summed E-state index contributed by atoms with van der Waals surface area (Å²) in [6, 6.07) is 0. The number of alkyl halides is 3. The Kier molecular flexibility index (Phi) is 5.21. The molecular weight excluding hydrogens is 436 g/mol. The monoisotopic (exact) mass is 432 g/mol. The van der Waals surface area contributed by atoms with Crippen LogP contribution in [0.2, 0.25) is 0 Å². The molecule has 48 valence electrons. The molecular formula is C3HBr5. The molecule has 0 aliphatic carbocycles. The standard InChI is InChI=1S/C3HBr5/c4-1-2(5)3(6,7)8/h1H. The predicted molar refractivity (Wildman–Crippen MR) is 55.4 cm³/mol. The lowest BCUT2D eigenvalue weighted by Gasteiger charge is -2.08. The van der Waals surface area contributed by atoms with Gasteiger partial charge in [-0.1, -0.05) is 79.6 Å². The highest BCUT2D eigenvalue weighted by molar-refractivity contribution is 9.40. The average molecular weight is 437 g/mol. The lowest BCUT2D eigenvalue weighted by molar-refractivity contribution is 1.63. The number of allylic oxidation sites excluding steroid dienone is 1. The van der Waals surface area contributed by atoms with E-state index in [0.29, 0.717) is 0 Å². The van der Waals surface area contributed by atoms with Gasteiger partial charge in [-0.2, -0.15) is 0 Å². The summed E-state index contributed by atoms with van der Waals surface area (Å²) >= 11 is 16.3. The molecule has 0 aromatic carbocycles. The Morgan fingerprint density at radius 3 is 1.62 bits per heavy atom. The zero-order valence-corrected chi connectivity index (χ0v) is 11.4. The summed E-state index contributed by atoms with van der Waals surface area (Å²) in [7, 11) is 0. The highest BCUT2D eigenvalue weighted by atomic mass is 80.0. The maximum atomic E-state index is 3.29. The van der Waals surface area contributed by atoms with E-state index in [-0.39, 0.29) is 2.14 Å². The van der Waals surface area contributed by atoms with Crippen molar-refractivity contribution in [1.82, 2.24) is 0 Å². The van der Waals surface area contributed by atoms with Crippen LogP contribution in [0.1, 0.15) is 0 Å². The van der Waals surface area contributed by atoms with E-state index in [1.807, 2.05) is 0 Å². The number of halogens is 5. The minimum atomic E-state index is -0.323. The second-order valence-electron chi connectivity index (χ2n) is 0.955. The van der Waals surface area contributed by atoms with E-state index in [1.54, 1.807) is 4.99 Å². The summed E-state index contributed by atoms with van der Waals surface area (Å²) in [6.45, 7) is 0. The fourth-order valence-electron chi connectivity index (χ4n) is 0.0619. The molecule has 8 heavy (non-hydrogen) atoms. The maximum absolute atomic E-state index is 3.29. The lowest BCUT2D eigenvalue weighted by atomic mass is 10.8. The SMILES string of the molecule is BrC=C(Br)C(Br)(Br)Br. The van der Waals surface area contributed by atoms with E-state index in [0.717, 1.165) is 4.48 Å². The zero-order chi connectivity index (χ0) is 6.78. The molecule has 0 aromatic heterocycles. The Morgan fingerprint density at radius 2 is 1.62 bits per heavy atom. The molecule has 5 heteroatoms. The van der Waals surface area contributed by atoms with Gasteiger partial charge in [0, 0.05) is 4.48 Å². The molecule has 0 amide bonds. The fraction of sp³-hybridized carbons (Fsp3) is 0.333. The Labute approximate surface area is 90.1 Å². The van der Waals surface area contributed by atoms with Crippen molar-refractivity contribution in [2.75, 3.05) is 0 Å². The largest absolute Gasteiger partial charge is 0.166 e. The summed E-state index contributed by atoms with van der Waals surface area (Å²) in [6.07, 6.45) is 0. The molecule has 0 rings (SSSR count). The minimum absolute atomic E-state index is 0.323. The third kappa shape index (κ3) is 4.04. The van der Waals surface area contributed by atoms with Gasteiger partial charge < -0.3 is 0 Å². The molecule has 0 saturated heterocycles. The molecule has 0 saturated carbocycles. The van der Waals surface area contributed by atoms with Gasteiger partial charge >= 0.3 is 0 Å². The van der Waals surface area contributed by atoms with Crippen molar-refractivity contribution in [2.24, 2.45) is 0 Å². The second-order valence-corrected chi connectivity index (χ2v) is 9.03. The van der Waals surface area contributed by atoms with Gasteiger partial charge in [0.1, 0.15) is 0 Å². The number of hydrogen-bond acceptors (Lipinski definition) is 0. The van der Waals surface area contributed by atoms with Crippen LogP contribution in [0.25, 0.3) is 0 Å². The van der Waals surface area contributed by atoms with Crippen molar-refractivity contribution >= 4 is 79.6 Å². The molecule has 0 heterocycles. The van der Waals surface area contributed by atoms with Crippen LogP contribution in [-0.4, -0.2) is 2.14 Å². The Balaban J connectivity index is 4.03. The van der Waals surface area contributed by atoms with E-state index >= 15 is 0 Å².